The van der Waals surface area contributed by atoms with Crippen LogP contribution in [0.1, 0.15) is 39.4 Å². The van der Waals surface area contributed by atoms with E-state index in [1.165, 1.54) is 0 Å². The van der Waals surface area contributed by atoms with Gasteiger partial charge in [-0.2, -0.15) is 0 Å². The Bertz CT molecular complexity index is 1400. The summed E-state index contributed by atoms with van der Waals surface area (Å²) < 4.78 is 22.8. The standard InChI is InChI=1S/C28H20O6/c1-31-19-8-6-16(7-9-19)12-24-27(30)20-10-11-23-26(28(20)34-24)21(14-25(29)33-23)18-13-17-4-2-3-5-22(17)32-15-18/h2-13,21H,14-15H2,1H3. The number of Topliss-reactive ketones (excluding diaryl/α,β-unsaturated/α-hetero) is 1. The van der Waals surface area contributed by atoms with Crippen LogP contribution < -0.4 is 18.9 Å². The summed E-state index contributed by atoms with van der Waals surface area (Å²) in [5.74, 6) is 1.78. The van der Waals surface area contributed by atoms with Crippen molar-refractivity contribution in [2.75, 3.05) is 13.7 Å². The second-order valence-electron chi connectivity index (χ2n) is 8.34. The molecule has 1 unspecified atom stereocenters. The van der Waals surface area contributed by atoms with Crippen LogP contribution in [0.4, 0.5) is 0 Å². The van der Waals surface area contributed by atoms with E-state index in [0.717, 1.165) is 28.2 Å². The molecule has 0 bridgehead atoms. The number of hydrogen-bond donors (Lipinski definition) is 0. The van der Waals surface area contributed by atoms with Gasteiger partial charge in [0.2, 0.25) is 5.78 Å². The number of esters is 1. The zero-order chi connectivity index (χ0) is 23.2. The Balaban J connectivity index is 1.41. The molecule has 0 saturated heterocycles. The summed E-state index contributed by atoms with van der Waals surface area (Å²) in [4.78, 5) is 25.6. The average Bonchev–Trinajstić information content (AvgIpc) is 3.18. The van der Waals surface area contributed by atoms with Gasteiger partial charge in [-0.1, -0.05) is 30.3 Å². The number of para-hydroxylation sites is 1. The van der Waals surface area contributed by atoms with Crippen LogP contribution in [-0.4, -0.2) is 25.5 Å². The molecule has 34 heavy (non-hydrogen) atoms. The number of allylic oxidation sites excluding steroid dienone is 1. The maximum atomic E-state index is 13.2. The normalized spacial score (nSPS) is 19.3. The van der Waals surface area contributed by atoms with Crippen LogP contribution in [-0.2, 0) is 4.79 Å². The van der Waals surface area contributed by atoms with Crippen molar-refractivity contribution in [1.29, 1.82) is 0 Å². The van der Waals surface area contributed by atoms with Gasteiger partial charge in [0.05, 0.1) is 19.1 Å². The third-order valence-electron chi connectivity index (χ3n) is 6.29. The number of rotatable bonds is 3. The summed E-state index contributed by atoms with van der Waals surface area (Å²) in [5.41, 5.74) is 3.87. The van der Waals surface area contributed by atoms with Crippen molar-refractivity contribution in [1.82, 2.24) is 0 Å². The first-order chi connectivity index (χ1) is 16.6. The second kappa shape index (κ2) is 7.92. The molecule has 0 aliphatic carbocycles. The van der Waals surface area contributed by atoms with Crippen LogP contribution in [0.25, 0.3) is 12.2 Å². The summed E-state index contributed by atoms with van der Waals surface area (Å²) >= 11 is 0. The van der Waals surface area contributed by atoms with Gasteiger partial charge in [-0.05, 0) is 53.6 Å². The minimum Gasteiger partial charge on any atom is -0.497 e. The lowest BCUT2D eigenvalue weighted by Crippen LogP contribution is -2.24. The van der Waals surface area contributed by atoms with Gasteiger partial charge in [-0.3, -0.25) is 9.59 Å². The molecular weight excluding hydrogens is 432 g/mol. The number of ketones is 1. The summed E-state index contributed by atoms with van der Waals surface area (Å²) in [7, 11) is 1.60. The smallest absolute Gasteiger partial charge is 0.312 e. The summed E-state index contributed by atoms with van der Waals surface area (Å²) in [6, 6.07) is 18.4. The van der Waals surface area contributed by atoms with Crippen molar-refractivity contribution in [3.05, 3.63) is 94.2 Å². The monoisotopic (exact) mass is 452 g/mol. The first kappa shape index (κ1) is 20.3. The molecule has 1 atom stereocenters. The van der Waals surface area contributed by atoms with Crippen molar-refractivity contribution in [3.8, 4) is 23.0 Å². The lowest BCUT2D eigenvalue weighted by atomic mass is 9.83. The molecule has 168 valence electrons. The Morgan fingerprint density at radius 3 is 2.59 bits per heavy atom. The molecule has 3 aromatic rings. The number of carbonyl (C=O) groups is 2. The summed E-state index contributed by atoms with van der Waals surface area (Å²) in [6.45, 7) is 0.348. The minimum atomic E-state index is -0.324. The third-order valence-corrected chi connectivity index (χ3v) is 6.29. The molecule has 3 aromatic carbocycles. The molecular formula is C28H20O6. The van der Waals surface area contributed by atoms with E-state index in [1.807, 2.05) is 48.5 Å². The number of ether oxygens (including phenoxy) is 4. The van der Waals surface area contributed by atoms with Gasteiger partial charge >= 0.3 is 5.97 Å². The molecule has 3 aliphatic heterocycles. The molecule has 3 aliphatic rings. The second-order valence-corrected chi connectivity index (χ2v) is 8.34. The molecule has 3 heterocycles. The fourth-order valence-corrected chi connectivity index (χ4v) is 4.61. The van der Waals surface area contributed by atoms with Gasteiger partial charge in [0.1, 0.15) is 29.6 Å². The highest BCUT2D eigenvalue weighted by molar-refractivity contribution is 6.15. The van der Waals surface area contributed by atoms with Gasteiger partial charge in [-0.15, -0.1) is 0 Å². The van der Waals surface area contributed by atoms with E-state index < -0.39 is 0 Å². The van der Waals surface area contributed by atoms with Gasteiger partial charge in [0, 0.05) is 17.0 Å². The maximum Gasteiger partial charge on any atom is 0.312 e. The highest BCUT2D eigenvalue weighted by atomic mass is 16.5. The Labute approximate surface area is 196 Å². The van der Waals surface area contributed by atoms with Crippen LogP contribution >= 0.6 is 0 Å². The van der Waals surface area contributed by atoms with E-state index in [4.69, 9.17) is 18.9 Å². The van der Waals surface area contributed by atoms with Gasteiger partial charge in [0.15, 0.2) is 5.76 Å². The Morgan fingerprint density at radius 2 is 1.76 bits per heavy atom. The lowest BCUT2D eigenvalue weighted by molar-refractivity contribution is -0.135. The topological polar surface area (TPSA) is 71.1 Å². The van der Waals surface area contributed by atoms with E-state index in [2.05, 4.69) is 6.08 Å². The minimum absolute atomic E-state index is 0.149. The van der Waals surface area contributed by atoms with E-state index in [9.17, 15) is 9.59 Å². The number of fused-ring (bicyclic) bond motifs is 4. The van der Waals surface area contributed by atoms with Crippen LogP contribution in [0, 0.1) is 0 Å². The van der Waals surface area contributed by atoms with Crippen LogP contribution in [0.3, 0.4) is 0 Å². The zero-order valence-corrected chi connectivity index (χ0v) is 18.4. The lowest BCUT2D eigenvalue weighted by Gasteiger charge is -2.29. The van der Waals surface area contributed by atoms with E-state index in [-0.39, 0.29) is 29.9 Å². The summed E-state index contributed by atoms with van der Waals surface area (Å²) in [6.07, 6.45) is 3.91. The van der Waals surface area contributed by atoms with Crippen molar-refractivity contribution in [2.24, 2.45) is 0 Å². The predicted molar refractivity (Wildman–Crippen MR) is 125 cm³/mol. The predicted octanol–water partition coefficient (Wildman–Crippen LogP) is 5.18. The van der Waals surface area contributed by atoms with Crippen molar-refractivity contribution in [2.45, 2.75) is 12.3 Å². The third kappa shape index (κ3) is 3.35. The molecule has 0 amide bonds. The van der Waals surface area contributed by atoms with Crippen molar-refractivity contribution < 1.29 is 28.5 Å². The quantitative estimate of drug-likeness (QED) is 0.310. The molecule has 0 spiro atoms. The highest BCUT2D eigenvalue weighted by Gasteiger charge is 2.39. The van der Waals surface area contributed by atoms with E-state index >= 15 is 0 Å². The number of methoxy groups -OCH3 is 1. The molecule has 0 aromatic heterocycles. The van der Waals surface area contributed by atoms with E-state index in [1.54, 1.807) is 25.3 Å². The highest BCUT2D eigenvalue weighted by Crippen LogP contribution is 2.50. The van der Waals surface area contributed by atoms with Crippen LogP contribution in [0.2, 0.25) is 0 Å². The van der Waals surface area contributed by atoms with Crippen LogP contribution in [0.15, 0.2) is 72.0 Å². The number of hydrogen-bond acceptors (Lipinski definition) is 6. The van der Waals surface area contributed by atoms with E-state index in [0.29, 0.717) is 29.2 Å². The molecule has 0 saturated carbocycles. The summed E-state index contributed by atoms with van der Waals surface area (Å²) in [5, 5.41) is 0. The van der Waals surface area contributed by atoms with Crippen LogP contribution in [0.5, 0.6) is 23.0 Å². The van der Waals surface area contributed by atoms with Crippen molar-refractivity contribution in [3.63, 3.8) is 0 Å². The Hall–Kier alpha value is -4.32. The molecule has 0 N–H and O–H groups in total. The molecule has 6 nitrogen and oxygen atoms in total. The fourth-order valence-electron chi connectivity index (χ4n) is 4.61. The van der Waals surface area contributed by atoms with Gasteiger partial charge < -0.3 is 18.9 Å². The largest absolute Gasteiger partial charge is 0.497 e. The molecule has 6 rings (SSSR count). The van der Waals surface area contributed by atoms with Gasteiger partial charge in [-0.25, -0.2) is 0 Å². The van der Waals surface area contributed by atoms with Crippen molar-refractivity contribution >= 4 is 23.9 Å². The first-order valence-corrected chi connectivity index (χ1v) is 11.0. The number of benzene rings is 3. The molecule has 6 heteroatoms. The number of carbonyl (C=O) groups excluding carboxylic acids is 2. The fraction of sp³-hybridized carbons (Fsp3) is 0.143. The molecule has 0 fully saturated rings. The Morgan fingerprint density at radius 1 is 0.941 bits per heavy atom. The maximum absolute atomic E-state index is 13.2. The van der Waals surface area contributed by atoms with Gasteiger partial charge in [0.25, 0.3) is 0 Å². The first-order valence-electron chi connectivity index (χ1n) is 11.0. The SMILES string of the molecule is COc1ccc(C=C2Oc3c(ccc4c3C(C3=Cc5ccccc5OC3)CC(=O)O4)C2=O)cc1. The zero-order valence-electron chi connectivity index (χ0n) is 18.4. The average molecular weight is 452 g/mol. The molecule has 0 radical (unpaired) electrons. The Kier molecular flexibility index (Phi) is 4.73.